The minimum absolute atomic E-state index is 0.260. The van der Waals surface area contributed by atoms with Crippen molar-refractivity contribution in [2.24, 2.45) is 0 Å². The predicted octanol–water partition coefficient (Wildman–Crippen LogP) is 2.84. The van der Waals surface area contributed by atoms with Crippen molar-refractivity contribution in [1.82, 2.24) is 5.32 Å². The molecule has 16 heavy (non-hydrogen) atoms. The molecule has 0 aliphatic carbocycles. The van der Waals surface area contributed by atoms with Crippen LogP contribution in [-0.4, -0.2) is 18.4 Å². The fraction of sp³-hybridized carbons (Fsp3) is 0.462. The Balaban J connectivity index is 2.31. The third kappa shape index (κ3) is 5.29. The number of carbonyl (C=O) groups is 1. The first-order chi connectivity index (χ1) is 7.58. The van der Waals surface area contributed by atoms with E-state index in [0.29, 0.717) is 23.9 Å². The molecule has 0 saturated heterocycles. The summed E-state index contributed by atoms with van der Waals surface area (Å²) in [6.07, 6.45) is 1.08. The first-order valence-corrected chi connectivity index (χ1v) is 5.95. The summed E-state index contributed by atoms with van der Waals surface area (Å²) in [6, 6.07) is 7.86. The maximum Gasteiger partial charge on any atom is 0.138 e. The van der Waals surface area contributed by atoms with Crippen LogP contribution in [-0.2, 0) is 11.2 Å². The molecule has 1 N–H and O–H groups in total. The summed E-state index contributed by atoms with van der Waals surface area (Å²) >= 11 is 5.77. The van der Waals surface area contributed by atoms with E-state index in [1.165, 1.54) is 0 Å². The van der Waals surface area contributed by atoms with Crippen LogP contribution >= 0.6 is 11.6 Å². The second-order valence-electron chi connectivity index (χ2n) is 4.20. The quantitative estimate of drug-likeness (QED) is 0.827. The van der Waals surface area contributed by atoms with Crippen LogP contribution in [0.1, 0.15) is 25.8 Å². The van der Waals surface area contributed by atoms with Gasteiger partial charge in [-0.2, -0.15) is 0 Å². The Bertz CT molecular complexity index is 332. The molecule has 3 heteroatoms. The van der Waals surface area contributed by atoms with E-state index in [1.54, 1.807) is 0 Å². The van der Waals surface area contributed by atoms with Gasteiger partial charge in [0.25, 0.3) is 0 Å². The minimum Gasteiger partial charge on any atom is -0.314 e. The van der Waals surface area contributed by atoms with Crippen LogP contribution in [0.3, 0.4) is 0 Å². The summed E-state index contributed by atoms with van der Waals surface area (Å²) in [6.45, 7) is 4.90. The molecule has 0 spiro atoms. The van der Waals surface area contributed by atoms with Crippen LogP contribution in [0.15, 0.2) is 24.3 Å². The zero-order valence-electron chi connectivity index (χ0n) is 9.79. The highest BCUT2D eigenvalue weighted by atomic mass is 35.5. The zero-order valence-corrected chi connectivity index (χ0v) is 10.6. The van der Waals surface area contributed by atoms with Crippen molar-refractivity contribution in [3.05, 3.63) is 34.9 Å². The Morgan fingerprint density at radius 3 is 2.50 bits per heavy atom. The Kier molecular flexibility index (Phi) is 5.50. The average molecular weight is 240 g/mol. The smallest absolute Gasteiger partial charge is 0.138 e. The molecular weight excluding hydrogens is 222 g/mol. The number of hydrogen-bond donors (Lipinski definition) is 1. The summed E-state index contributed by atoms with van der Waals surface area (Å²) in [5, 5.41) is 3.94. The minimum atomic E-state index is 0.260. The lowest BCUT2D eigenvalue weighted by Crippen LogP contribution is -2.25. The van der Waals surface area contributed by atoms with Gasteiger partial charge in [-0.25, -0.2) is 0 Å². The maximum absolute atomic E-state index is 11.6. The Morgan fingerprint density at radius 2 is 1.94 bits per heavy atom. The monoisotopic (exact) mass is 239 g/mol. The number of nitrogens with one attached hydrogen (secondary N) is 1. The van der Waals surface area contributed by atoms with E-state index < -0.39 is 0 Å². The number of halogens is 1. The van der Waals surface area contributed by atoms with Gasteiger partial charge in [-0.1, -0.05) is 37.6 Å². The first kappa shape index (κ1) is 13.2. The van der Waals surface area contributed by atoms with Gasteiger partial charge in [-0.15, -0.1) is 0 Å². The molecule has 0 aromatic heterocycles. The Morgan fingerprint density at radius 1 is 1.31 bits per heavy atom. The fourth-order valence-corrected chi connectivity index (χ4v) is 1.54. The van der Waals surface area contributed by atoms with Crippen molar-refractivity contribution >= 4 is 17.4 Å². The van der Waals surface area contributed by atoms with Gasteiger partial charge in [-0.3, -0.25) is 4.79 Å². The molecule has 1 aromatic rings. The molecule has 0 aliphatic rings. The van der Waals surface area contributed by atoms with Crippen LogP contribution in [0.4, 0.5) is 0 Å². The van der Waals surface area contributed by atoms with Crippen molar-refractivity contribution in [2.75, 3.05) is 6.54 Å². The van der Waals surface area contributed by atoms with Crippen LogP contribution in [0.2, 0.25) is 5.02 Å². The van der Waals surface area contributed by atoms with Crippen LogP contribution in [0.5, 0.6) is 0 Å². The molecule has 0 radical (unpaired) electrons. The maximum atomic E-state index is 11.6. The first-order valence-electron chi connectivity index (χ1n) is 5.57. The molecule has 0 unspecified atom stereocenters. The fourth-order valence-electron chi connectivity index (χ4n) is 1.42. The summed E-state index contributed by atoms with van der Waals surface area (Å²) in [4.78, 5) is 11.6. The number of ketones is 1. The summed E-state index contributed by atoms with van der Waals surface area (Å²) in [5.41, 5.74) is 1.03. The van der Waals surface area contributed by atoms with E-state index in [1.807, 2.05) is 24.3 Å². The third-order valence-corrected chi connectivity index (χ3v) is 2.52. The number of Topliss-reactive ketones (excluding diaryl/α,β-unsaturated/α-hetero) is 1. The van der Waals surface area contributed by atoms with Crippen LogP contribution in [0, 0.1) is 0 Å². The number of hydrogen-bond acceptors (Lipinski definition) is 2. The van der Waals surface area contributed by atoms with Gasteiger partial charge in [0, 0.05) is 30.5 Å². The number of benzene rings is 1. The molecule has 0 heterocycles. The molecule has 0 amide bonds. The van der Waals surface area contributed by atoms with E-state index in [-0.39, 0.29) is 5.78 Å². The highest BCUT2D eigenvalue weighted by Crippen LogP contribution is 2.10. The van der Waals surface area contributed by atoms with E-state index in [0.717, 1.165) is 12.1 Å². The highest BCUT2D eigenvalue weighted by molar-refractivity contribution is 6.30. The molecule has 0 bridgehead atoms. The molecule has 2 nitrogen and oxygen atoms in total. The van der Waals surface area contributed by atoms with E-state index in [4.69, 9.17) is 11.6 Å². The number of carbonyl (C=O) groups excluding carboxylic acids is 1. The van der Waals surface area contributed by atoms with Crippen molar-refractivity contribution < 1.29 is 4.79 Å². The van der Waals surface area contributed by atoms with Crippen molar-refractivity contribution in [1.29, 1.82) is 0 Å². The van der Waals surface area contributed by atoms with Gasteiger partial charge in [0.2, 0.25) is 0 Å². The molecule has 0 fully saturated rings. The second kappa shape index (κ2) is 6.66. The van der Waals surface area contributed by atoms with Gasteiger partial charge in [0.1, 0.15) is 5.78 Å². The largest absolute Gasteiger partial charge is 0.314 e. The van der Waals surface area contributed by atoms with E-state index in [2.05, 4.69) is 19.2 Å². The molecule has 88 valence electrons. The standard InChI is InChI=1S/C13H18ClNO/c1-10(2)15-8-7-13(16)9-11-3-5-12(14)6-4-11/h3-6,10,15H,7-9H2,1-2H3. The molecule has 0 aliphatic heterocycles. The molecule has 0 atom stereocenters. The zero-order chi connectivity index (χ0) is 12.0. The van der Waals surface area contributed by atoms with Gasteiger partial charge < -0.3 is 5.32 Å². The van der Waals surface area contributed by atoms with Crippen LogP contribution < -0.4 is 5.32 Å². The normalized spacial score (nSPS) is 10.8. The third-order valence-electron chi connectivity index (χ3n) is 2.27. The van der Waals surface area contributed by atoms with Gasteiger partial charge in [0.15, 0.2) is 0 Å². The number of rotatable bonds is 6. The topological polar surface area (TPSA) is 29.1 Å². The van der Waals surface area contributed by atoms with Crippen molar-refractivity contribution in [3.8, 4) is 0 Å². The van der Waals surface area contributed by atoms with Gasteiger partial charge in [-0.05, 0) is 17.7 Å². The lowest BCUT2D eigenvalue weighted by molar-refractivity contribution is -0.118. The summed E-state index contributed by atoms with van der Waals surface area (Å²) in [7, 11) is 0. The molecule has 1 rings (SSSR count). The summed E-state index contributed by atoms with van der Waals surface area (Å²) in [5.74, 6) is 0.260. The molecular formula is C13H18ClNO. The lowest BCUT2D eigenvalue weighted by atomic mass is 10.1. The van der Waals surface area contributed by atoms with Crippen molar-refractivity contribution in [2.45, 2.75) is 32.7 Å². The highest BCUT2D eigenvalue weighted by Gasteiger charge is 2.03. The Hall–Kier alpha value is -0.860. The lowest BCUT2D eigenvalue weighted by Gasteiger charge is -2.07. The average Bonchev–Trinajstić information content (AvgIpc) is 2.21. The SMILES string of the molecule is CC(C)NCCC(=O)Cc1ccc(Cl)cc1. The Labute approximate surface area is 102 Å². The van der Waals surface area contributed by atoms with Gasteiger partial charge in [0.05, 0.1) is 0 Å². The van der Waals surface area contributed by atoms with Crippen LogP contribution in [0.25, 0.3) is 0 Å². The van der Waals surface area contributed by atoms with Crippen molar-refractivity contribution in [3.63, 3.8) is 0 Å². The molecule has 1 aromatic carbocycles. The van der Waals surface area contributed by atoms with E-state index >= 15 is 0 Å². The predicted molar refractivity (Wildman–Crippen MR) is 67.9 cm³/mol. The van der Waals surface area contributed by atoms with Gasteiger partial charge >= 0.3 is 0 Å². The van der Waals surface area contributed by atoms with E-state index in [9.17, 15) is 4.79 Å². The molecule has 0 saturated carbocycles. The summed E-state index contributed by atoms with van der Waals surface area (Å²) < 4.78 is 0. The second-order valence-corrected chi connectivity index (χ2v) is 4.64.